The molecule has 0 unspecified atom stereocenters. The Balaban J connectivity index is 1.82. The van der Waals surface area contributed by atoms with E-state index < -0.39 is 15.9 Å². The molecule has 8 heteroatoms. The third kappa shape index (κ3) is 4.32. The van der Waals surface area contributed by atoms with Crippen LogP contribution in [0, 0.1) is 0 Å². The molecule has 1 heterocycles. The largest absolute Gasteiger partial charge is 0.347 e. The van der Waals surface area contributed by atoms with Gasteiger partial charge in [-0.15, -0.1) is 11.3 Å². The summed E-state index contributed by atoms with van der Waals surface area (Å²) in [4.78, 5) is 12.7. The second-order valence-corrected chi connectivity index (χ2v) is 9.02. The van der Waals surface area contributed by atoms with Gasteiger partial charge in [0.25, 0.3) is 15.9 Å². The summed E-state index contributed by atoms with van der Waals surface area (Å²) < 4.78 is 27.1. The number of nitrogens with one attached hydrogen (secondary N) is 1. The number of hydrogen-bond acceptors (Lipinski definition) is 4. The molecule has 0 saturated carbocycles. The maximum Gasteiger partial charge on any atom is 0.265 e. The highest BCUT2D eigenvalue weighted by Crippen LogP contribution is 2.28. The molecule has 0 saturated heterocycles. The van der Waals surface area contributed by atoms with Gasteiger partial charge in [-0.25, -0.2) is 8.42 Å². The first-order valence-electron chi connectivity index (χ1n) is 8.03. The van der Waals surface area contributed by atoms with E-state index in [9.17, 15) is 13.2 Å². The van der Waals surface area contributed by atoms with Gasteiger partial charge in [0.2, 0.25) is 0 Å². The summed E-state index contributed by atoms with van der Waals surface area (Å²) in [7, 11) is -2.43. The second-order valence-electron chi connectivity index (χ2n) is 5.73. The van der Waals surface area contributed by atoms with Crippen LogP contribution >= 0.6 is 22.9 Å². The monoisotopic (exact) mass is 420 g/mol. The number of benzene rings is 2. The van der Waals surface area contributed by atoms with E-state index in [2.05, 4.69) is 5.32 Å². The topological polar surface area (TPSA) is 66.5 Å². The lowest BCUT2D eigenvalue weighted by molar-refractivity contribution is 0.0952. The van der Waals surface area contributed by atoms with Crippen LogP contribution in [-0.2, 0) is 16.6 Å². The Labute approximate surface area is 167 Å². The van der Waals surface area contributed by atoms with Crippen molar-refractivity contribution in [2.75, 3.05) is 11.4 Å². The minimum Gasteiger partial charge on any atom is -0.347 e. The van der Waals surface area contributed by atoms with E-state index in [4.69, 9.17) is 11.6 Å². The molecule has 3 rings (SSSR count). The van der Waals surface area contributed by atoms with Crippen LogP contribution in [0.3, 0.4) is 0 Å². The van der Waals surface area contributed by atoms with E-state index in [1.54, 1.807) is 29.6 Å². The lowest BCUT2D eigenvalue weighted by atomic mass is 10.2. The van der Waals surface area contributed by atoms with Crippen LogP contribution in [0.1, 0.15) is 15.2 Å². The van der Waals surface area contributed by atoms with Gasteiger partial charge in [-0.05, 0) is 41.3 Å². The molecule has 27 heavy (non-hydrogen) atoms. The number of carbonyl (C=O) groups excluding carboxylic acids is 1. The molecular formula is C19H17ClN2O3S2. The Morgan fingerprint density at radius 1 is 1.07 bits per heavy atom. The first kappa shape index (κ1) is 19.4. The van der Waals surface area contributed by atoms with Crippen LogP contribution in [0.5, 0.6) is 0 Å². The first-order valence-corrected chi connectivity index (χ1v) is 10.7. The normalized spacial score (nSPS) is 11.2. The molecular weight excluding hydrogens is 404 g/mol. The Kier molecular flexibility index (Phi) is 5.84. The smallest absolute Gasteiger partial charge is 0.265 e. The van der Waals surface area contributed by atoms with Crippen LogP contribution in [0.4, 0.5) is 5.69 Å². The van der Waals surface area contributed by atoms with Crippen molar-refractivity contribution in [3.8, 4) is 0 Å². The van der Waals surface area contributed by atoms with Gasteiger partial charge in [-0.2, -0.15) is 0 Å². The van der Waals surface area contributed by atoms with E-state index in [-0.39, 0.29) is 9.77 Å². The first-order chi connectivity index (χ1) is 12.9. The molecule has 0 spiro atoms. The molecule has 1 N–H and O–H groups in total. The molecule has 0 aliphatic carbocycles. The number of nitrogens with zero attached hydrogens (tertiary/aromatic N) is 1. The van der Waals surface area contributed by atoms with Crippen molar-refractivity contribution in [1.82, 2.24) is 5.32 Å². The Hall–Kier alpha value is -2.35. The summed E-state index contributed by atoms with van der Waals surface area (Å²) in [6, 6.07) is 17.3. The second kappa shape index (κ2) is 8.12. The minimum absolute atomic E-state index is 0.0180. The van der Waals surface area contributed by atoms with E-state index in [1.165, 1.54) is 13.1 Å². The average molecular weight is 421 g/mol. The standard InChI is InChI=1S/C19H17ClN2O3S2/c1-22(16-9-7-15(20)8-10-16)27(24,25)17-11-12-26-18(17)19(23)21-13-14-5-3-2-4-6-14/h2-12H,13H2,1H3,(H,21,23). The number of halogens is 1. The van der Waals surface area contributed by atoms with E-state index in [1.807, 2.05) is 30.3 Å². The van der Waals surface area contributed by atoms with Crippen molar-refractivity contribution >= 4 is 44.6 Å². The van der Waals surface area contributed by atoms with Gasteiger partial charge in [0.15, 0.2) is 0 Å². The fourth-order valence-electron chi connectivity index (χ4n) is 2.46. The molecule has 3 aromatic rings. The van der Waals surface area contributed by atoms with Gasteiger partial charge in [-0.1, -0.05) is 41.9 Å². The Morgan fingerprint density at radius 2 is 1.74 bits per heavy atom. The number of amides is 1. The van der Waals surface area contributed by atoms with Crippen molar-refractivity contribution in [1.29, 1.82) is 0 Å². The molecule has 0 fully saturated rings. The van der Waals surface area contributed by atoms with Crippen LogP contribution < -0.4 is 9.62 Å². The van der Waals surface area contributed by atoms with E-state index >= 15 is 0 Å². The van der Waals surface area contributed by atoms with Gasteiger partial charge in [-0.3, -0.25) is 9.10 Å². The fourth-order valence-corrected chi connectivity index (χ4v) is 5.10. The summed E-state index contributed by atoms with van der Waals surface area (Å²) >= 11 is 6.96. The summed E-state index contributed by atoms with van der Waals surface area (Å²) in [5.41, 5.74) is 1.39. The molecule has 0 atom stereocenters. The number of thiophene rings is 1. The fraction of sp³-hybridized carbons (Fsp3) is 0.105. The van der Waals surface area contributed by atoms with Crippen molar-refractivity contribution in [3.05, 3.63) is 81.5 Å². The van der Waals surface area contributed by atoms with Crippen LogP contribution in [0.15, 0.2) is 70.9 Å². The predicted octanol–water partition coefficient (Wildman–Crippen LogP) is 4.16. The summed E-state index contributed by atoms with van der Waals surface area (Å²) in [5.74, 6) is -0.420. The Morgan fingerprint density at radius 3 is 2.41 bits per heavy atom. The maximum atomic E-state index is 13.0. The van der Waals surface area contributed by atoms with Crippen LogP contribution in [0.25, 0.3) is 0 Å². The maximum absolute atomic E-state index is 13.0. The molecule has 0 aliphatic heterocycles. The van der Waals surface area contributed by atoms with Gasteiger partial charge >= 0.3 is 0 Å². The highest BCUT2D eigenvalue weighted by molar-refractivity contribution is 7.93. The highest BCUT2D eigenvalue weighted by Gasteiger charge is 2.28. The SMILES string of the molecule is CN(c1ccc(Cl)cc1)S(=O)(=O)c1ccsc1C(=O)NCc1ccccc1. The van der Waals surface area contributed by atoms with Crippen LogP contribution in [-0.4, -0.2) is 21.4 Å². The number of anilines is 1. The Bertz CT molecular complexity index is 1030. The molecule has 0 bridgehead atoms. The molecule has 1 amide bonds. The van der Waals surface area contributed by atoms with E-state index in [0.29, 0.717) is 17.3 Å². The zero-order valence-electron chi connectivity index (χ0n) is 14.4. The molecule has 1 aromatic heterocycles. The third-order valence-corrected chi connectivity index (χ3v) is 7.08. The number of rotatable bonds is 6. The molecule has 2 aromatic carbocycles. The van der Waals surface area contributed by atoms with Crippen molar-refractivity contribution in [3.63, 3.8) is 0 Å². The summed E-state index contributed by atoms with van der Waals surface area (Å²) in [6.07, 6.45) is 0. The third-order valence-electron chi connectivity index (χ3n) is 3.96. The van der Waals surface area contributed by atoms with Crippen molar-refractivity contribution in [2.24, 2.45) is 0 Å². The van der Waals surface area contributed by atoms with Gasteiger partial charge in [0, 0.05) is 18.6 Å². The predicted molar refractivity (Wildman–Crippen MR) is 109 cm³/mol. The van der Waals surface area contributed by atoms with Crippen LogP contribution in [0.2, 0.25) is 5.02 Å². The lowest BCUT2D eigenvalue weighted by Crippen LogP contribution is -2.29. The lowest BCUT2D eigenvalue weighted by Gasteiger charge is -2.19. The summed E-state index contributed by atoms with van der Waals surface area (Å²) in [6.45, 7) is 0.323. The van der Waals surface area contributed by atoms with Gasteiger partial charge in [0.05, 0.1) is 5.69 Å². The molecule has 5 nitrogen and oxygen atoms in total. The van der Waals surface area contributed by atoms with Crippen molar-refractivity contribution < 1.29 is 13.2 Å². The van der Waals surface area contributed by atoms with E-state index in [0.717, 1.165) is 21.2 Å². The van der Waals surface area contributed by atoms with Crippen molar-refractivity contribution in [2.45, 2.75) is 11.4 Å². The van der Waals surface area contributed by atoms with Gasteiger partial charge in [0.1, 0.15) is 9.77 Å². The van der Waals surface area contributed by atoms with Gasteiger partial charge < -0.3 is 5.32 Å². The highest BCUT2D eigenvalue weighted by atomic mass is 35.5. The minimum atomic E-state index is -3.88. The zero-order chi connectivity index (χ0) is 19.4. The number of carbonyl (C=O) groups is 1. The summed E-state index contributed by atoms with van der Waals surface area (Å²) in [5, 5.41) is 4.88. The number of hydrogen-bond donors (Lipinski definition) is 1. The molecule has 0 radical (unpaired) electrons. The quantitative estimate of drug-likeness (QED) is 0.651. The zero-order valence-corrected chi connectivity index (χ0v) is 16.8. The number of sulfonamides is 1. The molecule has 0 aliphatic rings. The molecule has 140 valence electrons. The average Bonchev–Trinajstić information content (AvgIpc) is 3.18.